The Morgan fingerprint density at radius 2 is 2.00 bits per heavy atom. The molecule has 0 aromatic heterocycles. The molecule has 0 bridgehead atoms. The lowest BCUT2D eigenvalue weighted by Gasteiger charge is -2.31. The fourth-order valence-electron chi connectivity index (χ4n) is 1.04. The van der Waals surface area contributed by atoms with Crippen LogP contribution in [0.1, 0.15) is 0 Å². The third-order valence-electron chi connectivity index (χ3n) is 1.59. The first-order valence-corrected chi connectivity index (χ1v) is 4.32. The van der Waals surface area contributed by atoms with Crippen LogP contribution in [-0.2, 0) is 0 Å². The number of hydrazone groups is 1. The van der Waals surface area contributed by atoms with Gasteiger partial charge in [0.05, 0.1) is 0 Å². The Morgan fingerprint density at radius 3 is 2.47 bits per heavy atom. The standard InChI is InChI=1S/C9H12F2N4/c1-3-5-14(6-4-2)15-12-8(10)7-9(11)13-15/h3-4,7,12H,1-2,5-6H2. The summed E-state index contributed by atoms with van der Waals surface area (Å²) in [5.74, 6) is -1.70. The molecule has 1 aliphatic heterocycles. The Bertz CT molecular complexity index is 301. The van der Waals surface area contributed by atoms with Gasteiger partial charge in [-0.3, -0.25) is 0 Å². The highest BCUT2D eigenvalue weighted by Crippen LogP contribution is 2.07. The van der Waals surface area contributed by atoms with Gasteiger partial charge in [0.1, 0.15) is 0 Å². The Hall–Kier alpha value is -1.69. The van der Waals surface area contributed by atoms with E-state index in [1.165, 1.54) is 5.01 Å². The van der Waals surface area contributed by atoms with Crippen LogP contribution in [-0.4, -0.2) is 29.3 Å². The second-order valence-corrected chi connectivity index (χ2v) is 2.77. The summed E-state index contributed by atoms with van der Waals surface area (Å²) in [4.78, 5) is 0. The van der Waals surface area contributed by atoms with E-state index in [0.717, 1.165) is 5.23 Å². The summed E-state index contributed by atoms with van der Waals surface area (Å²) < 4.78 is 25.6. The Morgan fingerprint density at radius 1 is 1.40 bits per heavy atom. The predicted molar refractivity (Wildman–Crippen MR) is 54.7 cm³/mol. The molecule has 0 fully saturated rings. The maximum atomic E-state index is 12.8. The Labute approximate surface area is 86.8 Å². The van der Waals surface area contributed by atoms with Crippen LogP contribution >= 0.6 is 0 Å². The summed E-state index contributed by atoms with van der Waals surface area (Å²) in [5.41, 5.74) is 2.25. The summed E-state index contributed by atoms with van der Waals surface area (Å²) in [6.07, 6.45) is 3.85. The van der Waals surface area contributed by atoms with Gasteiger partial charge in [-0.25, -0.2) is 5.43 Å². The van der Waals surface area contributed by atoms with E-state index in [4.69, 9.17) is 0 Å². The van der Waals surface area contributed by atoms with Gasteiger partial charge in [-0.05, 0) is 0 Å². The number of hydrazine groups is 2. The molecule has 15 heavy (non-hydrogen) atoms. The molecule has 0 radical (unpaired) electrons. The lowest BCUT2D eigenvalue weighted by Crippen LogP contribution is -2.48. The second kappa shape index (κ2) is 5.26. The van der Waals surface area contributed by atoms with Gasteiger partial charge >= 0.3 is 0 Å². The Kier molecular flexibility index (Phi) is 3.99. The van der Waals surface area contributed by atoms with Crippen molar-refractivity contribution in [3.05, 3.63) is 37.3 Å². The first kappa shape index (κ1) is 11.4. The van der Waals surface area contributed by atoms with E-state index in [9.17, 15) is 8.78 Å². The van der Waals surface area contributed by atoms with Crippen LogP contribution in [0.15, 0.2) is 42.4 Å². The van der Waals surface area contributed by atoms with E-state index in [0.29, 0.717) is 19.2 Å². The summed E-state index contributed by atoms with van der Waals surface area (Å²) >= 11 is 0. The van der Waals surface area contributed by atoms with Crippen molar-refractivity contribution in [2.45, 2.75) is 0 Å². The van der Waals surface area contributed by atoms with Crippen LogP contribution in [0.5, 0.6) is 0 Å². The first-order chi connectivity index (χ1) is 7.17. The van der Waals surface area contributed by atoms with Crippen molar-refractivity contribution in [3.63, 3.8) is 0 Å². The summed E-state index contributed by atoms with van der Waals surface area (Å²) in [5, 5.41) is 5.96. The topological polar surface area (TPSA) is 30.9 Å². The molecule has 6 heteroatoms. The zero-order chi connectivity index (χ0) is 11.3. The van der Waals surface area contributed by atoms with Gasteiger partial charge in [-0.1, -0.05) is 12.2 Å². The van der Waals surface area contributed by atoms with Crippen LogP contribution in [0.3, 0.4) is 0 Å². The third-order valence-corrected chi connectivity index (χ3v) is 1.59. The van der Waals surface area contributed by atoms with Crippen molar-refractivity contribution in [1.29, 1.82) is 0 Å². The molecule has 0 atom stereocenters. The quantitative estimate of drug-likeness (QED) is 0.555. The van der Waals surface area contributed by atoms with Gasteiger partial charge < -0.3 is 0 Å². The predicted octanol–water partition coefficient (Wildman–Crippen LogP) is 1.49. The normalized spacial score (nSPS) is 15.5. The van der Waals surface area contributed by atoms with Gasteiger partial charge in [0.25, 0.3) is 0 Å². The van der Waals surface area contributed by atoms with Crippen LogP contribution in [0.25, 0.3) is 0 Å². The van der Waals surface area contributed by atoms with E-state index in [2.05, 4.69) is 23.7 Å². The number of halogens is 2. The molecular formula is C9H12F2N4. The van der Waals surface area contributed by atoms with Crippen LogP contribution < -0.4 is 5.43 Å². The van der Waals surface area contributed by atoms with Crippen molar-refractivity contribution in [2.75, 3.05) is 13.1 Å². The summed E-state index contributed by atoms with van der Waals surface area (Å²) in [6.45, 7) is 7.85. The van der Waals surface area contributed by atoms with E-state index in [1.54, 1.807) is 12.2 Å². The van der Waals surface area contributed by atoms with Crippen LogP contribution in [0.2, 0.25) is 0 Å². The molecule has 0 amide bonds. The number of hydrogen-bond donors (Lipinski definition) is 1. The number of rotatable bonds is 5. The number of nitrogens with zero attached hydrogens (tertiary/aromatic N) is 3. The molecule has 4 nitrogen and oxygen atoms in total. The lowest BCUT2D eigenvalue weighted by atomic mass is 10.5. The molecule has 0 aromatic rings. The largest absolute Gasteiger partial charge is 0.241 e. The van der Waals surface area contributed by atoms with E-state index >= 15 is 0 Å². The van der Waals surface area contributed by atoms with Crippen molar-refractivity contribution >= 4 is 5.97 Å². The fourth-order valence-corrected chi connectivity index (χ4v) is 1.04. The number of hydrogen-bond acceptors (Lipinski definition) is 4. The first-order valence-electron chi connectivity index (χ1n) is 4.32. The molecule has 0 unspecified atom stereocenters. The maximum absolute atomic E-state index is 12.8. The monoisotopic (exact) mass is 214 g/mol. The maximum Gasteiger partial charge on any atom is 0.238 e. The van der Waals surface area contributed by atoms with Crippen molar-refractivity contribution in [2.24, 2.45) is 5.10 Å². The molecule has 0 aliphatic carbocycles. The molecule has 0 spiro atoms. The molecule has 82 valence electrons. The fraction of sp³-hybridized carbons (Fsp3) is 0.222. The zero-order valence-corrected chi connectivity index (χ0v) is 8.16. The van der Waals surface area contributed by atoms with Gasteiger partial charge in [-0.2, -0.15) is 13.8 Å². The molecule has 0 saturated heterocycles. The third kappa shape index (κ3) is 3.17. The molecule has 1 aliphatic rings. The molecule has 1 N–H and O–H groups in total. The van der Waals surface area contributed by atoms with Gasteiger partial charge in [0.15, 0.2) is 0 Å². The van der Waals surface area contributed by atoms with E-state index in [1.807, 2.05) is 0 Å². The summed E-state index contributed by atoms with van der Waals surface area (Å²) in [7, 11) is 0. The number of nitrogens with one attached hydrogen (secondary N) is 1. The highest BCUT2D eigenvalue weighted by Gasteiger charge is 2.17. The average Bonchev–Trinajstić information content (AvgIpc) is 2.16. The van der Waals surface area contributed by atoms with E-state index < -0.39 is 11.9 Å². The van der Waals surface area contributed by atoms with Crippen LogP contribution in [0, 0.1) is 0 Å². The SMILES string of the molecule is C=CCN(CC=C)N1N=C(F)C=C(F)N1. The minimum absolute atomic E-state index is 0.392. The highest BCUT2D eigenvalue weighted by molar-refractivity contribution is 5.87. The minimum Gasteiger partial charge on any atom is -0.241 e. The number of allylic oxidation sites excluding steroid dienone is 1. The molecule has 0 saturated carbocycles. The summed E-state index contributed by atoms with van der Waals surface area (Å²) in [6, 6.07) is 0. The molecule has 0 aromatic carbocycles. The smallest absolute Gasteiger partial charge is 0.238 e. The van der Waals surface area contributed by atoms with Crippen molar-refractivity contribution in [3.8, 4) is 0 Å². The second-order valence-electron chi connectivity index (χ2n) is 2.77. The zero-order valence-electron chi connectivity index (χ0n) is 8.16. The average molecular weight is 214 g/mol. The van der Waals surface area contributed by atoms with Gasteiger partial charge in [0, 0.05) is 19.2 Å². The molecule has 1 rings (SSSR count). The van der Waals surface area contributed by atoms with Gasteiger partial charge in [0.2, 0.25) is 11.9 Å². The minimum atomic E-state index is -0.899. The molecular weight excluding hydrogens is 202 g/mol. The lowest BCUT2D eigenvalue weighted by molar-refractivity contribution is -0.0506. The van der Waals surface area contributed by atoms with Crippen molar-refractivity contribution < 1.29 is 8.78 Å². The van der Waals surface area contributed by atoms with Gasteiger partial charge in [-0.15, -0.1) is 23.5 Å². The van der Waals surface area contributed by atoms with Crippen molar-refractivity contribution in [1.82, 2.24) is 15.7 Å². The van der Waals surface area contributed by atoms with Crippen LogP contribution in [0.4, 0.5) is 8.78 Å². The van der Waals surface area contributed by atoms with E-state index in [-0.39, 0.29) is 0 Å². The highest BCUT2D eigenvalue weighted by atomic mass is 19.1. The molecule has 1 heterocycles. The Balaban J connectivity index is 2.72.